The van der Waals surface area contributed by atoms with Crippen LogP contribution in [-0.2, 0) is 14.3 Å². The number of thioether (sulfide) groups is 1. The fraction of sp³-hybridized carbons (Fsp3) is 0.577. The summed E-state index contributed by atoms with van der Waals surface area (Å²) in [5.41, 5.74) is 13.0. The fourth-order valence-electron chi connectivity index (χ4n) is 5.60. The lowest BCUT2D eigenvalue weighted by molar-refractivity contribution is -0.131. The number of piperidine rings is 1. The average molecular weight is 576 g/mol. The molecule has 1 spiro atoms. The summed E-state index contributed by atoms with van der Waals surface area (Å²) in [4.78, 5) is 43.7. The lowest BCUT2D eigenvalue weighted by Gasteiger charge is -2.41. The lowest BCUT2D eigenvalue weighted by Crippen LogP contribution is -2.51. The number of nitrogen functional groups attached to an aromatic ring is 1. The number of ether oxygens (including phenoxy) is 2. The van der Waals surface area contributed by atoms with Gasteiger partial charge in [-0.05, 0) is 25.8 Å². The average Bonchev–Trinajstić information content (AvgIpc) is 3.19. The Morgan fingerprint density at radius 3 is 2.72 bits per heavy atom. The molecular weight excluding hydrogens is 542 g/mol. The molecular formula is C26H34ClN7O4S. The van der Waals surface area contributed by atoms with E-state index < -0.39 is 5.92 Å². The van der Waals surface area contributed by atoms with Gasteiger partial charge in [-0.1, -0.05) is 29.4 Å². The van der Waals surface area contributed by atoms with Crippen molar-refractivity contribution in [3.8, 4) is 0 Å². The molecule has 0 saturated carbocycles. The molecule has 4 heterocycles. The number of amides is 1. The van der Waals surface area contributed by atoms with Gasteiger partial charge >= 0.3 is 0 Å². The van der Waals surface area contributed by atoms with Gasteiger partial charge in [-0.15, -0.1) is 0 Å². The number of rotatable bonds is 7. The van der Waals surface area contributed by atoms with E-state index in [0.717, 1.165) is 12.8 Å². The molecule has 2 unspecified atom stereocenters. The third-order valence-corrected chi connectivity index (χ3v) is 9.69. The summed E-state index contributed by atoms with van der Waals surface area (Å²) in [7, 11) is 1.58. The summed E-state index contributed by atoms with van der Waals surface area (Å²) in [5.74, 6) is -0.334. The molecule has 11 nitrogen and oxygen atoms in total. The minimum Gasteiger partial charge on any atom is -0.383 e. The summed E-state index contributed by atoms with van der Waals surface area (Å²) in [6.45, 7) is 6.26. The van der Waals surface area contributed by atoms with E-state index in [4.69, 9.17) is 32.5 Å². The highest BCUT2D eigenvalue weighted by molar-refractivity contribution is 8.03. The van der Waals surface area contributed by atoms with Crippen molar-refractivity contribution >= 4 is 53.0 Å². The molecule has 4 N–H and O–H groups in total. The molecule has 3 aliphatic heterocycles. The van der Waals surface area contributed by atoms with Gasteiger partial charge in [0.25, 0.3) is 0 Å². The van der Waals surface area contributed by atoms with Crippen LogP contribution in [0, 0.1) is 11.3 Å². The van der Waals surface area contributed by atoms with E-state index in [1.807, 2.05) is 19.1 Å². The SMILES string of the molecule is COCCN1C=NC2C=CC(Sc3nc(C(C)=O)c(N4CCC5(CC4)CO[C@@H](C)[C@H]5N)nc3N)=C(Cl)C2C1=O. The van der Waals surface area contributed by atoms with Crippen molar-refractivity contribution in [3.63, 3.8) is 0 Å². The number of nitrogens with two attached hydrogens (primary N) is 2. The first-order chi connectivity index (χ1) is 18.6. The van der Waals surface area contributed by atoms with Crippen LogP contribution in [0.3, 0.4) is 0 Å². The number of aliphatic imine (C=N–C) groups is 1. The Kier molecular flexibility index (Phi) is 8.03. The fourth-order valence-corrected chi connectivity index (χ4v) is 6.87. The van der Waals surface area contributed by atoms with Gasteiger partial charge in [0.2, 0.25) is 5.91 Å². The molecule has 4 aliphatic rings. The molecule has 0 aromatic carbocycles. The number of methoxy groups -OCH3 is 1. The van der Waals surface area contributed by atoms with Crippen molar-refractivity contribution in [2.75, 3.05) is 50.6 Å². The van der Waals surface area contributed by atoms with Gasteiger partial charge in [0.1, 0.15) is 16.6 Å². The second-order valence-electron chi connectivity index (χ2n) is 10.5. The lowest BCUT2D eigenvalue weighted by atomic mass is 9.73. The zero-order valence-corrected chi connectivity index (χ0v) is 23.9. The first kappa shape index (κ1) is 28.0. The summed E-state index contributed by atoms with van der Waals surface area (Å²) in [5, 5.41) is 0.716. The predicted molar refractivity (Wildman–Crippen MR) is 151 cm³/mol. The number of fused-ring (bicyclic) bond motifs is 1. The van der Waals surface area contributed by atoms with Crippen LogP contribution in [0.5, 0.6) is 0 Å². The van der Waals surface area contributed by atoms with E-state index in [1.165, 1.54) is 29.9 Å². The number of Topliss-reactive ketones (excluding diaryl/α,β-unsaturated/α-hetero) is 1. The number of carbonyl (C=O) groups excluding carboxylic acids is 2. The molecule has 210 valence electrons. The van der Waals surface area contributed by atoms with E-state index in [-0.39, 0.29) is 46.8 Å². The van der Waals surface area contributed by atoms with Crippen molar-refractivity contribution in [1.82, 2.24) is 14.9 Å². The minimum atomic E-state index is -0.643. The largest absolute Gasteiger partial charge is 0.383 e. The maximum Gasteiger partial charge on any atom is 0.238 e. The zero-order chi connectivity index (χ0) is 27.9. The minimum absolute atomic E-state index is 0.0168. The third-order valence-electron chi connectivity index (χ3n) is 8.07. The molecule has 4 atom stereocenters. The Labute approximate surface area is 237 Å². The quantitative estimate of drug-likeness (QED) is 0.463. The Bertz CT molecular complexity index is 1250. The predicted octanol–water partition coefficient (Wildman–Crippen LogP) is 2.21. The highest BCUT2D eigenvalue weighted by Crippen LogP contribution is 2.44. The number of hydrogen-bond donors (Lipinski definition) is 2. The van der Waals surface area contributed by atoms with Gasteiger partial charge in [-0.2, -0.15) is 0 Å². The van der Waals surface area contributed by atoms with Crippen molar-refractivity contribution < 1.29 is 19.1 Å². The van der Waals surface area contributed by atoms with Crippen LogP contribution in [0.15, 0.2) is 32.1 Å². The second kappa shape index (κ2) is 11.2. The standard InChI is InChI=1S/C26H34ClN7O4S/c1-14(35)20-23(33-8-6-26(7-9-33)12-38-15(2)21(26)28)32-22(29)24(31-20)39-17-5-4-16-18(19(17)27)25(36)34(13-30-16)10-11-37-3/h4-5,13,15-16,18,21H,6-12,28H2,1-3H3,(H2,29,32)/t15-,16?,18?,21+/m0/s1. The van der Waals surface area contributed by atoms with Crippen molar-refractivity contribution in [2.45, 2.75) is 49.9 Å². The van der Waals surface area contributed by atoms with Gasteiger partial charge in [-0.3, -0.25) is 14.6 Å². The van der Waals surface area contributed by atoms with Crippen molar-refractivity contribution in [1.29, 1.82) is 0 Å². The van der Waals surface area contributed by atoms with Crippen LogP contribution in [0.4, 0.5) is 11.6 Å². The van der Waals surface area contributed by atoms with Crippen LogP contribution in [-0.4, -0.2) is 91.0 Å². The maximum atomic E-state index is 13.1. The Hall–Kier alpha value is -2.51. The van der Waals surface area contributed by atoms with Gasteiger partial charge in [-0.25, -0.2) is 9.97 Å². The first-order valence-corrected chi connectivity index (χ1v) is 14.2. The van der Waals surface area contributed by atoms with Gasteiger partial charge in [0.05, 0.1) is 38.2 Å². The molecule has 1 aromatic rings. The third kappa shape index (κ3) is 5.20. The van der Waals surface area contributed by atoms with Crippen LogP contribution in [0.1, 0.15) is 37.2 Å². The van der Waals surface area contributed by atoms with E-state index in [0.29, 0.717) is 53.6 Å². The highest BCUT2D eigenvalue weighted by atomic mass is 35.5. The van der Waals surface area contributed by atoms with E-state index in [9.17, 15) is 9.59 Å². The monoisotopic (exact) mass is 575 g/mol. The molecule has 2 saturated heterocycles. The van der Waals surface area contributed by atoms with Crippen molar-refractivity contribution in [2.24, 2.45) is 22.1 Å². The number of nitrogens with zero attached hydrogens (tertiary/aromatic N) is 5. The molecule has 1 aromatic heterocycles. The molecule has 1 amide bonds. The van der Waals surface area contributed by atoms with Crippen LogP contribution >= 0.6 is 23.4 Å². The summed E-state index contributed by atoms with van der Waals surface area (Å²) in [6.07, 6.45) is 6.89. The van der Waals surface area contributed by atoms with E-state index in [1.54, 1.807) is 7.11 Å². The van der Waals surface area contributed by atoms with Crippen LogP contribution in [0.25, 0.3) is 0 Å². The van der Waals surface area contributed by atoms with E-state index >= 15 is 0 Å². The normalized spacial score (nSPS) is 28.0. The molecule has 2 fully saturated rings. The Morgan fingerprint density at radius 2 is 2.08 bits per heavy atom. The van der Waals surface area contributed by atoms with Gasteiger partial charge in [0, 0.05) is 48.5 Å². The van der Waals surface area contributed by atoms with Gasteiger partial charge < -0.3 is 30.7 Å². The smallest absolute Gasteiger partial charge is 0.238 e. The number of allylic oxidation sites excluding steroid dienone is 1. The number of anilines is 2. The van der Waals surface area contributed by atoms with Crippen molar-refractivity contribution in [3.05, 3.63) is 27.8 Å². The van der Waals surface area contributed by atoms with Crippen LogP contribution < -0.4 is 16.4 Å². The molecule has 13 heteroatoms. The zero-order valence-electron chi connectivity index (χ0n) is 22.3. The maximum absolute atomic E-state index is 13.1. The van der Waals surface area contributed by atoms with Crippen LogP contribution in [0.2, 0.25) is 0 Å². The molecule has 39 heavy (non-hydrogen) atoms. The molecule has 0 bridgehead atoms. The van der Waals surface area contributed by atoms with Gasteiger partial charge in [0.15, 0.2) is 17.4 Å². The molecule has 1 aliphatic carbocycles. The number of halogens is 1. The second-order valence-corrected chi connectivity index (χ2v) is 11.9. The van der Waals surface area contributed by atoms with E-state index in [2.05, 4.69) is 19.9 Å². The number of ketones is 1. The number of carbonyl (C=O) groups is 2. The highest BCUT2D eigenvalue weighted by Gasteiger charge is 2.48. The Morgan fingerprint density at radius 1 is 1.33 bits per heavy atom. The first-order valence-electron chi connectivity index (χ1n) is 13.0. The summed E-state index contributed by atoms with van der Waals surface area (Å²) in [6, 6.07) is -0.396. The number of hydrogen-bond acceptors (Lipinski definition) is 11. The summed E-state index contributed by atoms with van der Waals surface area (Å²) >= 11 is 7.95. The number of aromatic nitrogens is 2. The summed E-state index contributed by atoms with van der Waals surface area (Å²) < 4.78 is 10.9. The molecule has 5 rings (SSSR count). The Balaban J connectivity index is 1.37. The molecule has 0 radical (unpaired) electrons. The topological polar surface area (TPSA) is 149 Å².